The molecule has 2 N–H and O–H groups in total. The SMILES string of the molecule is CC(=O)NCCNCCN(C)C1CCCC1. The molecule has 0 aliphatic heterocycles. The molecular formula is C12H25N3O. The molecule has 1 aliphatic carbocycles. The number of likely N-dealkylation sites (N-methyl/N-ethyl adjacent to an activating group) is 1. The minimum Gasteiger partial charge on any atom is -0.355 e. The second-order valence-corrected chi connectivity index (χ2v) is 4.65. The standard InChI is InChI=1S/C12H25N3O/c1-11(16)14-8-7-13-9-10-15(2)12-5-3-4-6-12/h12-13H,3-10H2,1-2H3,(H,14,16). The van der Waals surface area contributed by atoms with Crippen LogP contribution in [0.25, 0.3) is 0 Å². The van der Waals surface area contributed by atoms with Gasteiger partial charge in [0.15, 0.2) is 0 Å². The highest BCUT2D eigenvalue weighted by Gasteiger charge is 2.18. The third-order valence-electron chi connectivity index (χ3n) is 3.27. The first kappa shape index (κ1) is 13.5. The predicted molar refractivity (Wildman–Crippen MR) is 66.4 cm³/mol. The van der Waals surface area contributed by atoms with Gasteiger partial charge < -0.3 is 15.5 Å². The van der Waals surface area contributed by atoms with Gasteiger partial charge in [0.05, 0.1) is 0 Å². The van der Waals surface area contributed by atoms with E-state index in [0.717, 1.165) is 32.2 Å². The van der Waals surface area contributed by atoms with Crippen molar-refractivity contribution in [1.29, 1.82) is 0 Å². The van der Waals surface area contributed by atoms with Crippen LogP contribution in [-0.4, -0.2) is 50.1 Å². The molecule has 0 unspecified atom stereocenters. The van der Waals surface area contributed by atoms with Crippen LogP contribution in [0.5, 0.6) is 0 Å². The zero-order chi connectivity index (χ0) is 11.8. The maximum atomic E-state index is 10.6. The fraction of sp³-hybridized carbons (Fsp3) is 0.917. The van der Waals surface area contributed by atoms with E-state index in [1.54, 1.807) is 6.92 Å². The number of hydrogen-bond acceptors (Lipinski definition) is 3. The van der Waals surface area contributed by atoms with Gasteiger partial charge in [-0.05, 0) is 19.9 Å². The lowest BCUT2D eigenvalue weighted by molar-refractivity contribution is -0.118. The van der Waals surface area contributed by atoms with Crippen molar-refractivity contribution in [3.8, 4) is 0 Å². The molecule has 0 aromatic carbocycles. The Labute approximate surface area is 98.8 Å². The predicted octanol–water partition coefficient (Wildman–Crippen LogP) is 0.587. The lowest BCUT2D eigenvalue weighted by Gasteiger charge is -2.23. The number of carbonyl (C=O) groups is 1. The van der Waals surface area contributed by atoms with Gasteiger partial charge in [-0.15, -0.1) is 0 Å². The Morgan fingerprint density at radius 2 is 1.94 bits per heavy atom. The van der Waals surface area contributed by atoms with Crippen LogP contribution in [0.2, 0.25) is 0 Å². The molecule has 0 radical (unpaired) electrons. The van der Waals surface area contributed by atoms with Gasteiger partial charge in [0.25, 0.3) is 0 Å². The minimum absolute atomic E-state index is 0.0462. The van der Waals surface area contributed by atoms with Crippen molar-refractivity contribution in [3.63, 3.8) is 0 Å². The number of amides is 1. The van der Waals surface area contributed by atoms with Crippen molar-refractivity contribution in [1.82, 2.24) is 15.5 Å². The van der Waals surface area contributed by atoms with Gasteiger partial charge in [-0.25, -0.2) is 0 Å². The zero-order valence-corrected chi connectivity index (χ0v) is 10.6. The van der Waals surface area contributed by atoms with Crippen LogP contribution in [0, 0.1) is 0 Å². The molecule has 0 aromatic rings. The maximum absolute atomic E-state index is 10.6. The Morgan fingerprint density at radius 1 is 1.25 bits per heavy atom. The fourth-order valence-corrected chi connectivity index (χ4v) is 2.23. The van der Waals surface area contributed by atoms with Crippen molar-refractivity contribution < 1.29 is 4.79 Å². The first-order valence-corrected chi connectivity index (χ1v) is 6.35. The largest absolute Gasteiger partial charge is 0.355 e. The van der Waals surface area contributed by atoms with E-state index in [1.165, 1.54) is 25.7 Å². The van der Waals surface area contributed by atoms with Crippen molar-refractivity contribution in [2.24, 2.45) is 0 Å². The Kier molecular flexibility index (Phi) is 6.42. The number of nitrogens with one attached hydrogen (secondary N) is 2. The highest BCUT2D eigenvalue weighted by Crippen LogP contribution is 2.21. The monoisotopic (exact) mass is 227 g/mol. The van der Waals surface area contributed by atoms with Gasteiger partial charge >= 0.3 is 0 Å². The molecule has 0 aromatic heterocycles. The van der Waals surface area contributed by atoms with Crippen LogP contribution in [-0.2, 0) is 4.79 Å². The van der Waals surface area contributed by atoms with Crippen LogP contribution >= 0.6 is 0 Å². The van der Waals surface area contributed by atoms with E-state index in [4.69, 9.17) is 0 Å². The normalized spacial score (nSPS) is 16.9. The summed E-state index contributed by atoms with van der Waals surface area (Å²) < 4.78 is 0. The maximum Gasteiger partial charge on any atom is 0.216 e. The van der Waals surface area contributed by atoms with Gasteiger partial charge in [0.2, 0.25) is 5.91 Å². The first-order valence-electron chi connectivity index (χ1n) is 6.35. The zero-order valence-electron chi connectivity index (χ0n) is 10.6. The van der Waals surface area contributed by atoms with Gasteiger partial charge in [-0.3, -0.25) is 4.79 Å². The molecule has 1 rings (SSSR count). The van der Waals surface area contributed by atoms with Gasteiger partial charge in [-0.1, -0.05) is 12.8 Å². The van der Waals surface area contributed by atoms with E-state index in [9.17, 15) is 4.79 Å². The molecule has 0 bridgehead atoms. The van der Waals surface area contributed by atoms with E-state index in [2.05, 4.69) is 22.6 Å². The molecule has 94 valence electrons. The molecule has 0 heterocycles. The molecule has 1 amide bonds. The minimum atomic E-state index is 0.0462. The average Bonchev–Trinajstić information content (AvgIpc) is 2.75. The third kappa shape index (κ3) is 5.47. The highest BCUT2D eigenvalue weighted by molar-refractivity contribution is 5.72. The topological polar surface area (TPSA) is 44.4 Å². The highest BCUT2D eigenvalue weighted by atomic mass is 16.1. The summed E-state index contributed by atoms with van der Waals surface area (Å²) >= 11 is 0. The molecule has 0 spiro atoms. The van der Waals surface area contributed by atoms with E-state index in [0.29, 0.717) is 0 Å². The second-order valence-electron chi connectivity index (χ2n) is 4.65. The summed E-state index contributed by atoms with van der Waals surface area (Å²) in [7, 11) is 2.21. The van der Waals surface area contributed by atoms with Crippen LogP contribution in [0.1, 0.15) is 32.6 Å². The van der Waals surface area contributed by atoms with Gasteiger partial charge in [-0.2, -0.15) is 0 Å². The van der Waals surface area contributed by atoms with Gasteiger partial charge in [0, 0.05) is 39.1 Å². The number of rotatable bonds is 7. The Bertz CT molecular complexity index is 202. The Hall–Kier alpha value is -0.610. The van der Waals surface area contributed by atoms with Crippen LogP contribution < -0.4 is 10.6 Å². The van der Waals surface area contributed by atoms with E-state index >= 15 is 0 Å². The summed E-state index contributed by atoms with van der Waals surface area (Å²) in [5.74, 6) is 0.0462. The summed E-state index contributed by atoms with van der Waals surface area (Å²) in [6.45, 7) is 5.24. The van der Waals surface area contributed by atoms with Crippen molar-refractivity contribution in [2.75, 3.05) is 33.2 Å². The molecule has 1 saturated carbocycles. The number of nitrogens with zero attached hydrogens (tertiary/aromatic N) is 1. The van der Waals surface area contributed by atoms with E-state index in [-0.39, 0.29) is 5.91 Å². The van der Waals surface area contributed by atoms with Crippen LogP contribution in [0.15, 0.2) is 0 Å². The summed E-state index contributed by atoms with van der Waals surface area (Å²) in [5, 5.41) is 6.11. The molecular weight excluding hydrogens is 202 g/mol. The second kappa shape index (κ2) is 7.63. The van der Waals surface area contributed by atoms with Crippen LogP contribution in [0.4, 0.5) is 0 Å². The van der Waals surface area contributed by atoms with Gasteiger partial charge in [0.1, 0.15) is 0 Å². The Balaban J connectivity index is 1.92. The van der Waals surface area contributed by atoms with Crippen LogP contribution in [0.3, 0.4) is 0 Å². The molecule has 1 fully saturated rings. The summed E-state index contributed by atoms with van der Waals surface area (Å²) in [5.41, 5.74) is 0. The van der Waals surface area contributed by atoms with Crippen molar-refractivity contribution in [2.45, 2.75) is 38.6 Å². The smallest absolute Gasteiger partial charge is 0.216 e. The molecule has 4 heteroatoms. The van der Waals surface area contributed by atoms with E-state index in [1.807, 2.05) is 0 Å². The molecule has 4 nitrogen and oxygen atoms in total. The van der Waals surface area contributed by atoms with E-state index < -0.39 is 0 Å². The Morgan fingerprint density at radius 3 is 2.56 bits per heavy atom. The molecule has 0 saturated heterocycles. The lowest BCUT2D eigenvalue weighted by Crippen LogP contribution is -2.37. The number of hydrogen-bond donors (Lipinski definition) is 2. The fourth-order valence-electron chi connectivity index (χ4n) is 2.23. The quantitative estimate of drug-likeness (QED) is 0.626. The summed E-state index contributed by atoms with van der Waals surface area (Å²) in [6.07, 6.45) is 5.51. The third-order valence-corrected chi connectivity index (χ3v) is 3.27. The first-order chi connectivity index (χ1) is 7.70. The average molecular weight is 227 g/mol. The molecule has 1 aliphatic rings. The lowest BCUT2D eigenvalue weighted by atomic mass is 10.2. The molecule has 16 heavy (non-hydrogen) atoms. The molecule has 0 atom stereocenters. The summed E-state index contributed by atoms with van der Waals surface area (Å²) in [6, 6.07) is 0.803. The summed E-state index contributed by atoms with van der Waals surface area (Å²) in [4.78, 5) is 13.1. The van der Waals surface area contributed by atoms with Crippen molar-refractivity contribution >= 4 is 5.91 Å². The number of carbonyl (C=O) groups excluding carboxylic acids is 1. The van der Waals surface area contributed by atoms with Crippen molar-refractivity contribution in [3.05, 3.63) is 0 Å².